The SMILES string of the molecule is C=C(C)[C@@H]1CC[C@@H](C)C[C@H]1N=O. The normalized spacial score (nSPS) is 36.0. The summed E-state index contributed by atoms with van der Waals surface area (Å²) in [6.45, 7) is 8.09. The van der Waals surface area contributed by atoms with Crippen LogP contribution in [-0.2, 0) is 0 Å². The van der Waals surface area contributed by atoms with E-state index in [1.54, 1.807) is 0 Å². The molecule has 0 aliphatic heterocycles. The maximum Gasteiger partial charge on any atom is 0.0987 e. The van der Waals surface area contributed by atoms with Crippen molar-refractivity contribution in [2.75, 3.05) is 0 Å². The van der Waals surface area contributed by atoms with Crippen molar-refractivity contribution in [2.24, 2.45) is 17.0 Å². The van der Waals surface area contributed by atoms with Gasteiger partial charge in [0.1, 0.15) is 0 Å². The molecule has 1 saturated carbocycles. The summed E-state index contributed by atoms with van der Waals surface area (Å²) in [6.07, 6.45) is 3.25. The van der Waals surface area contributed by atoms with Crippen LogP contribution in [0.25, 0.3) is 0 Å². The van der Waals surface area contributed by atoms with Crippen molar-refractivity contribution in [1.82, 2.24) is 0 Å². The minimum absolute atomic E-state index is 0.00810. The predicted molar refractivity (Wildman–Crippen MR) is 50.9 cm³/mol. The van der Waals surface area contributed by atoms with Crippen LogP contribution in [0.2, 0.25) is 0 Å². The molecular weight excluding hydrogens is 150 g/mol. The van der Waals surface area contributed by atoms with Crippen molar-refractivity contribution in [3.8, 4) is 0 Å². The molecule has 2 heteroatoms. The van der Waals surface area contributed by atoms with E-state index in [0.29, 0.717) is 11.8 Å². The van der Waals surface area contributed by atoms with Gasteiger partial charge in [0, 0.05) is 5.92 Å². The lowest BCUT2D eigenvalue weighted by Gasteiger charge is -2.30. The highest BCUT2D eigenvalue weighted by atomic mass is 16.3. The molecule has 1 aliphatic rings. The molecule has 0 aromatic heterocycles. The van der Waals surface area contributed by atoms with Gasteiger partial charge in [0.2, 0.25) is 0 Å². The Morgan fingerprint density at radius 1 is 1.50 bits per heavy atom. The van der Waals surface area contributed by atoms with E-state index in [1.807, 2.05) is 6.92 Å². The molecule has 0 bridgehead atoms. The van der Waals surface area contributed by atoms with Crippen LogP contribution in [0, 0.1) is 16.7 Å². The molecule has 1 fully saturated rings. The molecule has 0 heterocycles. The average Bonchev–Trinajstić information content (AvgIpc) is 2.03. The summed E-state index contributed by atoms with van der Waals surface area (Å²) in [4.78, 5) is 10.5. The Morgan fingerprint density at radius 3 is 2.67 bits per heavy atom. The fourth-order valence-electron chi connectivity index (χ4n) is 2.04. The summed E-state index contributed by atoms with van der Waals surface area (Å²) in [5.74, 6) is 1.00. The van der Waals surface area contributed by atoms with Gasteiger partial charge in [-0.05, 0) is 32.1 Å². The molecule has 0 spiro atoms. The van der Waals surface area contributed by atoms with E-state index in [-0.39, 0.29) is 6.04 Å². The number of hydrogen-bond donors (Lipinski definition) is 0. The Hall–Kier alpha value is -0.660. The maximum absolute atomic E-state index is 10.5. The van der Waals surface area contributed by atoms with Gasteiger partial charge in [0.05, 0.1) is 6.04 Å². The van der Waals surface area contributed by atoms with E-state index in [2.05, 4.69) is 18.7 Å². The molecule has 2 nitrogen and oxygen atoms in total. The van der Waals surface area contributed by atoms with Crippen LogP contribution in [0.15, 0.2) is 17.3 Å². The highest BCUT2D eigenvalue weighted by molar-refractivity contribution is 5.03. The molecule has 0 radical (unpaired) electrons. The second kappa shape index (κ2) is 3.83. The van der Waals surface area contributed by atoms with Gasteiger partial charge >= 0.3 is 0 Å². The summed E-state index contributed by atoms with van der Waals surface area (Å²) in [5.41, 5.74) is 1.12. The monoisotopic (exact) mass is 167 g/mol. The van der Waals surface area contributed by atoms with Gasteiger partial charge < -0.3 is 0 Å². The Bertz CT molecular complexity index is 188. The van der Waals surface area contributed by atoms with Gasteiger partial charge in [0.25, 0.3) is 0 Å². The molecule has 0 aromatic rings. The van der Waals surface area contributed by atoms with Crippen LogP contribution < -0.4 is 0 Å². The Labute approximate surface area is 74.0 Å². The lowest BCUT2D eigenvalue weighted by molar-refractivity contribution is 0.279. The van der Waals surface area contributed by atoms with Crippen molar-refractivity contribution in [2.45, 2.75) is 39.2 Å². The zero-order valence-corrected chi connectivity index (χ0v) is 7.92. The summed E-state index contributed by atoms with van der Waals surface area (Å²) in [6, 6.07) is -0.00810. The first-order valence-corrected chi connectivity index (χ1v) is 4.63. The Kier molecular flexibility index (Phi) is 3.01. The van der Waals surface area contributed by atoms with E-state index in [1.165, 1.54) is 6.42 Å². The van der Waals surface area contributed by atoms with Crippen molar-refractivity contribution >= 4 is 0 Å². The third-order valence-corrected chi connectivity index (χ3v) is 2.85. The van der Waals surface area contributed by atoms with Crippen molar-refractivity contribution in [3.63, 3.8) is 0 Å². The second-order valence-electron chi connectivity index (χ2n) is 4.04. The average molecular weight is 167 g/mol. The van der Waals surface area contributed by atoms with Crippen LogP contribution in [0.5, 0.6) is 0 Å². The first-order valence-electron chi connectivity index (χ1n) is 4.63. The maximum atomic E-state index is 10.5. The Balaban J connectivity index is 2.62. The molecule has 3 atom stereocenters. The fraction of sp³-hybridized carbons (Fsp3) is 0.800. The van der Waals surface area contributed by atoms with Crippen LogP contribution in [0.3, 0.4) is 0 Å². The summed E-state index contributed by atoms with van der Waals surface area (Å²) in [7, 11) is 0. The molecule has 68 valence electrons. The van der Waals surface area contributed by atoms with E-state index < -0.39 is 0 Å². The van der Waals surface area contributed by atoms with Crippen molar-refractivity contribution < 1.29 is 0 Å². The fourth-order valence-corrected chi connectivity index (χ4v) is 2.04. The van der Waals surface area contributed by atoms with E-state index >= 15 is 0 Å². The van der Waals surface area contributed by atoms with E-state index in [4.69, 9.17) is 0 Å². The largest absolute Gasteiger partial charge is 0.150 e. The van der Waals surface area contributed by atoms with Crippen LogP contribution >= 0.6 is 0 Å². The second-order valence-corrected chi connectivity index (χ2v) is 4.04. The van der Waals surface area contributed by atoms with Gasteiger partial charge in [0.15, 0.2) is 0 Å². The van der Waals surface area contributed by atoms with Gasteiger partial charge in [-0.3, -0.25) is 0 Å². The molecule has 1 aliphatic carbocycles. The summed E-state index contributed by atoms with van der Waals surface area (Å²) in [5, 5.41) is 3.19. The van der Waals surface area contributed by atoms with Gasteiger partial charge in [-0.25, -0.2) is 0 Å². The van der Waals surface area contributed by atoms with Crippen LogP contribution in [0.4, 0.5) is 0 Å². The zero-order chi connectivity index (χ0) is 9.14. The van der Waals surface area contributed by atoms with Crippen LogP contribution in [-0.4, -0.2) is 6.04 Å². The minimum Gasteiger partial charge on any atom is -0.150 e. The molecule has 0 aromatic carbocycles. The summed E-state index contributed by atoms with van der Waals surface area (Å²) < 4.78 is 0. The molecule has 1 rings (SSSR count). The van der Waals surface area contributed by atoms with Crippen LogP contribution in [0.1, 0.15) is 33.1 Å². The highest BCUT2D eigenvalue weighted by Crippen LogP contribution is 2.34. The van der Waals surface area contributed by atoms with Gasteiger partial charge in [-0.15, -0.1) is 0 Å². The first-order chi connectivity index (χ1) is 5.65. The molecular formula is C10H17NO. The number of nitrogens with zero attached hydrogens (tertiary/aromatic N) is 1. The minimum atomic E-state index is -0.00810. The van der Waals surface area contributed by atoms with E-state index in [0.717, 1.165) is 18.4 Å². The molecule has 0 saturated heterocycles. The van der Waals surface area contributed by atoms with Crippen molar-refractivity contribution in [3.05, 3.63) is 17.1 Å². The zero-order valence-electron chi connectivity index (χ0n) is 7.92. The molecule has 0 N–H and O–H groups in total. The first kappa shape index (κ1) is 9.43. The molecule has 12 heavy (non-hydrogen) atoms. The van der Waals surface area contributed by atoms with Gasteiger partial charge in [-0.1, -0.05) is 24.3 Å². The van der Waals surface area contributed by atoms with E-state index in [9.17, 15) is 4.91 Å². The smallest absolute Gasteiger partial charge is 0.0987 e. The standard InChI is InChI=1S/C10H17NO/c1-7(2)9-5-4-8(3)6-10(9)11-12/h8-10H,1,4-6H2,2-3H3/t8-,9+,10-/m1/s1. The predicted octanol–water partition coefficient (Wildman–Crippen LogP) is 3.13. The lowest BCUT2D eigenvalue weighted by atomic mass is 9.77. The summed E-state index contributed by atoms with van der Waals surface area (Å²) >= 11 is 0. The molecule has 0 unspecified atom stereocenters. The lowest BCUT2D eigenvalue weighted by Crippen LogP contribution is -2.27. The van der Waals surface area contributed by atoms with Crippen molar-refractivity contribution in [1.29, 1.82) is 0 Å². The topological polar surface area (TPSA) is 29.4 Å². The highest BCUT2D eigenvalue weighted by Gasteiger charge is 2.29. The molecule has 0 amide bonds. The number of nitroso groups, excluding NO2 is 1. The number of rotatable bonds is 2. The Morgan fingerprint density at radius 2 is 2.17 bits per heavy atom. The third kappa shape index (κ3) is 1.93. The number of hydrogen-bond acceptors (Lipinski definition) is 2. The quantitative estimate of drug-likeness (QED) is 0.459. The third-order valence-electron chi connectivity index (χ3n) is 2.85. The van der Waals surface area contributed by atoms with Gasteiger partial charge in [-0.2, -0.15) is 4.91 Å².